The van der Waals surface area contributed by atoms with E-state index in [0.717, 1.165) is 0 Å². The molecule has 0 fully saturated rings. The summed E-state index contributed by atoms with van der Waals surface area (Å²) in [4.78, 5) is 10.1. The average molecular weight is 186 g/mol. The van der Waals surface area contributed by atoms with Crippen molar-refractivity contribution in [1.29, 1.82) is 0 Å². The van der Waals surface area contributed by atoms with Gasteiger partial charge in [0.2, 0.25) is 0 Å². The third kappa shape index (κ3) is 7.02. The summed E-state index contributed by atoms with van der Waals surface area (Å²) in [6, 6.07) is -0.231. The van der Waals surface area contributed by atoms with Gasteiger partial charge >= 0.3 is 35.5 Å². The summed E-state index contributed by atoms with van der Waals surface area (Å²) in [5.74, 6) is -0.901. The first-order chi connectivity index (χ1) is 5.07. The van der Waals surface area contributed by atoms with Gasteiger partial charge in [0.15, 0.2) is 0 Å². The molecule has 0 aromatic rings. The van der Waals surface area contributed by atoms with Gasteiger partial charge in [-0.2, -0.15) is 0 Å². The van der Waals surface area contributed by atoms with Crippen LogP contribution in [-0.2, 0) is 4.79 Å². The molecule has 0 aliphatic heterocycles. The van der Waals surface area contributed by atoms with Crippen molar-refractivity contribution in [2.75, 3.05) is 6.54 Å². The Kier molecular flexibility index (Phi) is 9.87. The van der Waals surface area contributed by atoms with E-state index < -0.39 is 5.97 Å². The summed E-state index contributed by atoms with van der Waals surface area (Å²) >= 11 is 0. The van der Waals surface area contributed by atoms with E-state index in [1.54, 1.807) is 13.8 Å². The number of aliphatic carboxylic acids is 1. The summed E-state index contributed by atoms with van der Waals surface area (Å²) in [5, 5.41) is 19.4. The zero-order valence-electron chi connectivity index (χ0n) is 6.66. The number of hydrogen-bond donors (Lipinski definition) is 4. The molecule has 4 N–H and O–H groups in total. The van der Waals surface area contributed by atoms with Gasteiger partial charge in [-0.3, -0.25) is 4.79 Å². The number of carboxylic acid groups (broad SMARTS) is 1. The topological polar surface area (TPSA) is 81.6 Å². The van der Waals surface area contributed by atoms with E-state index in [-0.39, 0.29) is 48.2 Å². The van der Waals surface area contributed by atoms with Crippen molar-refractivity contribution in [3.8, 4) is 0 Å². The van der Waals surface area contributed by atoms with Gasteiger partial charge in [0.25, 0.3) is 0 Å². The van der Waals surface area contributed by atoms with Gasteiger partial charge < -0.3 is 15.6 Å². The second-order valence-electron chi connectivity index (χ2n) is 2.48. The molecule has 0 aromatic heterocycles. The van der Waals surface area contributed by atoms with Crippen molar-refractivity contribution in [1.82, 2.24) is 10.8 Å². The zero-order chi connectivity index (χ0) is 8.85. The van der Waals surface area contributed by atoms with Gasteiger partial charge in [0, 0.05) is 12.1 Å². The maximum absolute atomic E-state index is 10.1. The molecule has 0 aliphatic rings. The van der Waals surface area contributed by atoms with E-state index in [1.807, 2.05) is 5.48 Å². The van der Waals surface area contributed by atoms with Crippen molar-refractivity contribution in [2.45, 2.75) is 25.9 Å². The minimum absolute atomic E-state index is 0. The second kappa shape index (κ2) is 7.97. The van der Waals surface area contributed by atoms with Crippen LogP contribution in [0, 0.1) is 0 Å². The Morgan fingerprint density at radius 1 is 1.42 bits per heavy atom. The van der Waals surface area contributed by atoms with Crippen LogP contribution in [0.4, 0.5) is 0 Å². The average Bonchev–Trinajstić information content (AvgIpc) is 1.98. The molecule has 2 atom stereocenters. The normalized spacial score (nSPS) is 14.6. The van der Waals surface area contributed by atoms with E-state index >= 15 is 0 Å². The SMILES string of the molecule is CC(NO)C(C)NCC(=O)O.[NaH]. The summed E-state index contributed by atoms with van der Waals surface area (Å²) in [6.45, 7) is 3.45. The Balaban J connectivity index is 0. The predicted octanol–water partition coefficient (Wildman–Crippen LogP) is -1.23. The molecule has 2 unspecified atom stereocenters. The van der Waals surface area contributed by atoms with Crippen molar-refractivity contribution in [3.05, 3.63) is 0 Å². The number of rotatable bonds is 5. The van der Waals surface area contributed by atoms with Crippen LogP contribution in [0.15, 0.2) is 0 Å². The predicted molar refractivity (Wildman–Crippen MR) is 46.6 cm³/mol. The molecule has 0 bridgehead atoms. The van der Waals surface area contributed by atoms with Crippen molar-refractivity contribution < 1.29 is 15.1 Å². The quantitative estimate of drug-likeness (QED) is 0.319. The Bertz CT molecular complexity index is 134. The van der Waals surface area contributed by atoms with Crippen LogP contribution >= 0.6 is 0 Å². The molecule has 12 heavy (non-hydrogen) atoms. The molecule has 0 rings (SSSR count). The number of carbonyl (C=O) groups is 1. The Morgan fingerprint density at radius 3 is 2.25 bits per heavy atom. The number of nitrogens with one attached hydrogen (secondary N) is 2. The Morgan fingerprint density at radius 2 is 1.92 bits per heavy atom. The number of hydroxylamine groups is 1. The Labute approximate surface area is 93.8 Å². The molecule has 0 saturated carbocycles. The fourth-order valence-corrected chi connectivity index (χ4v) is 0.537. The molecule has 0 saturated heterocycles. The number of hydrogen-bond acceptors (Lipinski definition) is 4. The summed E-state index contributed by atoms with van der Waals surface area (Å²) in [5.41, 5.74) is 2.03. The molecular formula is C6H15N2NaO3. The fraction of sp³-hybridized carbons (Fsp3) is 0.833. The molecule has 0 aromatic carbocycles. The third-order valence-electron chi connectivity index (χ3n) is 1.53. The summed E-state index contributed by atoms with van der Waals surface area (Å²) in [6.07, 6.45) is 0. The summed E-state index contributed by atoms with van der Waals surface area (Å²) < 4.78 is 0. The van der Waals surface area contributed by atoms with E-state index in [0.29, 0.717) is 0 Å². The molecule has 0 heterocycles. The molecule has 6 heteroatoms. The van der Waals surface area contributed by atoms with Crippen LogP contribution in [0.2, 0.25) is 0 Å². The van der Waals surface area contributed by atoms with Gasteiger partial charge in [0.1, 0.15) is 0 Å². The third-order valence-corrected chi connectivity index (χ3v) is 1.53. The van der Waals surface area contributed by atoms with Crippen molar-refractivity contribution in [2.24, 2.45) is 0 Å². The van der Waals surface area contributed by atoms with Crippen molar-refractivity contribution in [3.63, 3.8) is 0 Å². The van der Waals surface area contributed by atoms with Gasteiger partial charge in [-0.05, 0) is 13.8 Å². The molecule has 5 nitrogen and oxygen atoms in total. The number of carboxylic acids is 1. The van der Waals surface area contributed by atoms with Gasteiger partial charge in [-0.1, -0.05) is 0 Å². The Hall–Kier alpha value is 0.350. The first-order valence-electron chi connectivity index (χ1n) is 3.42. The molecule has 0 spiro atoms. The van der Waals surface area contributed by atoms with E-state index in [4.69, 9.17) is 10.3 Å². The minimum atomic E-state index is -0.901. The molecule has 0 aliphatic carbocycles. The molecule has 0 amide bonds. The maximum atomic E-state index is 10.1. The first-order valence-corrected chi connectivity index (χ1v) is 3.42. The van der Waals surface area contributed by atoms with Crippen molar-refractivity contribution >= 4 is 35.5 Å². The monoisotopic (exact) mass is 186 g/mol. The second-order valence-corrected chi connectivity index (χ2v) is 2.48. The van der Waals surface area contributed by atoms with Crippen LogP contribution < -0.4 is 10.8 Å². The van der Waals surface area contributed by atoms with Gasteiger partial charge in [-0.25, -0.2) is 5.48 Å². The van der Waals surface area contributed by atoms with Crippen LogP contribution in [0.5, 0.6) is 0 Å². The van der Waals surface area contributed by atoms with Crippen LogP contribution in [0.25, 0.3) is 0 Å². The molecule has 68 valence electrons. The van der Waals surface area contributed by atoms with Gasteiger partial charge in [0.05, 0.1) is 6.54 Å². The van der Waals surface area contributed by atoms with E-state index in [9.17, 15) is 4.79 Å². The molecule has 0 radical (unpaired) electrons. The summed E-state index contributed by atoms with van der Waals surface area (Å²) in [7, 11) is 0. The molecular weight excluding hydrogens is 171 g/mol. The van der Waals surface area contributed by atoms with Crippen LogP contribution in [0.3, 0.4) is 0 Å². The van der Waals surface area contributed by atoms with Crippen LogP contribution in [-0.4, -0.2) is 64.5 Å². The standard InChI is InChI=1S/C6H14N2O3.Na.H/c1-4(5(2)8-11)7-3-6(9)10;;/h4-5,7-8,11H,3H2,1-2H3,(H,9,10);;. The van der Waals surface area contributed by atoms with Crippen LogP contribution in [0.1, 0.15) is 13.8 Å². The fourth-order valence-electron chi connectivity index (χ4n) is 0.537. The van der Waals surface area contributed by atoms with E-state index in [2.05, 4.69) is 5.32 Å². The van der Waals surface area contributed by atoms with E-state index in [1.165, 1.54) is 0 Å². The zero-order valence-corrected chi connectivity index (χ0v) is 6.66. The first kappa shape index (κ1) is 14.9. The van der Waals surface area contributed by atoms with Gasteiger partial charge in [-0.15, -0.1) is 0 Å².